The summed E-state index contributed by atoms with van der Waals surface area (Å²) in [5, 5.41) is 0.733. The molecule has 0 fully saturated rings. The quantitative estimate of drug-likeness (QED) is 0.483. The number of halogens is 1. The predicted octanol–water partition coefficient (Wildman–Crippen LogP) is 6.23. The van der Waals surface area contributed by atoms with Crippen LogP contribution in [0, 0.1) is 0 Å². The molecule has 0 N–H and O–H groups in total. The average molecular weight is 350 g/mol. The number of ether oxygens (including phenoxy) is 1. The van der Waals surface area contributed by atoms with Gasteiger partial charge in [0.15, 0.2) is 0 Å². The van der Waals surface area contributed by atoms with Gasteiger partial charge in [-0.2, -0.15) is 0 Å². The molecule has 0 aromatic heterocycles. The predicted molar refractivity (Wildman–Crippen MR) is 105 cm³/mol. The molecule has 0 bridgehead atoms. The summed E-state index contributed by atoms with van der Waals surface area (Å²) in [6, 6.07) is 23.9. The van der Waals surface area contributed by atoms with Gasteiger partial charge >= 0.3 is 0 Å². The van der Waals surface area contributed by atoms with Crippen LogP contribution >= 0.6 is 11.6 Å². The van der Waals surface area contributed by atoms with E-state index >= 15 is 0 Å². The summed E-state index contributed by atoms with van der Waals surface area (Å²) in [6.45, 7) is 2.67. The molecule has 0 amide bonds. The van der Waals surface area contributed by atoms with Gasteiger partial charge in [-0.15, -0.1) is 0 Å². The van der Waals surface area contributed by atoms with E-state index in [-0.39, 0.29) is 0 Å². The molecule has 3 rings (SSSR count). The maximum absolute atomic E-state index is 5.88. The molecule has 0 spiro atoms. The minimum absolute atomic E-state index is 0.522. The fourth-order valence-corrected chi connectivity index (χ4v) is 2.49. The summed E-state index contributed by atoms with van der Waals surface area (Å²) in [5.41, 5.74) is 4.41. The molecule has 126 valence electrons. The van der Waals surface area contributed by atoms with Gasteiger partial charge in [-0.1, -0.05) is 42.8 Å². The molecule has 25 heavy (non-hydrogen) atoms. The monoisotopic (exact) mass is 349 g/mol. The van der Waals surface area contributed by atoms with Crippen LogP contribution in [-0.2, 0) is 13.0 Å². The molecule has 2 nitrogen and oxygen atoms in total. The Balaban J connectivity index is 1.57. The zero-order chi connectivity index (χ0) is 17.5. The molecule has 3 aromatic rings. The first-order valence-corrected chi connectivity index (χ1v) is 8.71. The molecule has 0 aliphatic carbocycles. The number of aryl methyl sites for hydroxylation is 1. The van der Waals surface area contributed by atoms with Gasteiger partial charge in [0.25, 0.3) is 0 Å². The number of rotatable bonds is 6. The molecule has 3 aromatic carbocycles. The van der Waals surface area contributed by atoms with Crippen molar-refractivity contribution in [3.63, 3.8) is 0 Å². The van der Waals surface area contributed by atoms with Gasteiger partial charge in [-0.25, -0.2) is 0 Å². The van der Waals surface area contributed by atoms with Crippen molar-refractivity contribution < 1.29 is 4.74 Å². The fraction of sp³-hybridized carbons (Fsp3) is 0.136. The van der Waals surface area contributed by atoms with Crippen LogP contribution in [0.25, 0.3) is 0 Å². The van der Waals surface area contributed by atoms with Crippen LogP contribution in [0.1, 0.15) is 23.6 Å². The van der Waals surface area contributed by atoms with Crippen molar-refractivity contribution in [3.05, 3.63) is 94.5 Å². The Bertz CT molecular complexity index is 821. The van der Waals surface area contributed by atoms with E-state index in [1.807, 2.05) is 66.9 Å². The smallest absolute Gasteiger partial charge is 0.119 e. The highest BCUT2D eigenvalue weighted by atomic mass is 35.5. The topological polar surface area (TPSA) is 21.6 Å². The Kier molecular flexibility index (Phi) is 5.86. The molecule has 0 saturated heterocycles. The second kappa shape index (κ2) is 8.50. The molecule has 0 radical (unpaired) electrons. The third-order valence-electron chi connectivity index (χ3n) is 3.91. The molecule has 0 saturated carbocycles. The second-order valence-electron chi connectivity index (χ2n) is 5.76. The molecular weight excluding hydrogens is 330 g/mol. The summed E-state index contributed by atoms with van der Waals surface area (Å²) < 4.78 is 5.79. The Labute approximate surface area is 153 Å². The van der Waals surface area contributed by atoms with Gasteiger partial charge in [-0.3, -0.25) is 4.99 Å². The lowest BCUT2D eigenvalue weighted by Crippen LogP contribution is -1.95. The van der Waals surface area contributed by atoms with E-state index in [2.05, 4.69) is 24.0 Å². The van der Waals surface area contributed by atoms with E-state index in [1.165, 1.54) is 5.56 Å². The van der Waals surface area contributed by atoms with Gasteiger partial charge in [0.1, 0.15) is 12.4 Å². The minimum Gasteiger partial charge on any atom is -0.489 e. The minimum atomic E-state index is 0.522. The van der Waals surface area contributed by atoms with E-state index < -0.39 is 0 Å². The number of benzene rings is 3. The zero-order valence-electron chi connectivity index (χ0n) is 14.2. The second-order valence-corrected chi connectivity index (χ2v) is 6.20. The van der Waals surface area contributed by atoms with Crippen LogP contribution in [0.5, 0.6) is 5.75 Å². The van der Waals surface area contributed by atoms with Crippen LogP contribution in [0.4, 0.5) is 5.69 Å². The van der Waals surface area contributed by atoms with Crippen molar-refractivity contribution >= 4 is 23.5 Å². The van der Waals surface area contributed by atoms with Crippen LogP contribution in [-0.4, -0.2) is 6.21 Å². The van der Waals surface area contributed by atoms with E-state index in [4.69, 9.17) is 16.3 Å². The van der Waals surface area contributed by atoms with E-state index in [0.717, 1.165) is 34.0 Å². The van der Waals surface area contributed by atoms with Crippen molar-refractivity contribution in [1.29, 1.82) is 0 Å². The maximum atomic E-state index is 5.88. The lowest BCUT2D eigenvalue weighted by Gasteiger charge is -2.06. The molecule has 0 heterocycles. The van der Waals surface area contributed by atoms with E-state index in [9.17, 15) is 0 Å². The van der Waals surface area contributed by atoms with Gasteiger partial charge in [0.2, 0.25) is 0 Å². The van der Waals surface area contributed by atoms with Gasteiger partial charge < -0.3 is 4.74 Å². The van der Waals surface area contributed by atoms with Crippen molar-refractivity contribution in [2.24, 2.45) is 4.99 Å². The molecule has 0 atom stereocenters. The van der Waals surface area contributed by atoms with Crippen molar-refractivity contribution in [2.75, 3.05) is 0 Å². The highest BCUT2D eigenvalue weighted by Crippen LogP contribution is 2.17. The Hall–Kier alpha value is -2.58. The Morgan fingerprint density at radius 1 is 0.840 bits per heavy atom. The average Bonchev–Trinajstić information content (AvgIpc) is 2.67. The summed E-state index contributed by atoms with van der Waals surface area (Å²) in [4.78, 5) is 4.51. The highest BCUT2D eigenvalue weighted by molar-refractivity contribution is 6.30. The van der Waals surface area contributed by atoms with Crippen molar-refractivity contribution in [1.82, 2.24) is 0 Å². The molecule has 0 aliphatic heterocycles. The molecule has 0 aliphatic rings. The Morgan fingerprint density at radius 3 is 2.12 bits per heavy atom. The van der Waals surface area contributed by atoms with Crippen LogP contribution in [0.2, 0.25) is 5.02 Å². The van der Waals surface area contributed by atoms with E-state index in [1.54, 1.807) is 0 Å². The third kappa shape index (κ3) is 5.20. The maximum Gasteiger partial charge on any atom is 0.119 e. The lowest BCUT2D eigenvalue weighted by atomic mass is 10.1. The summed E-state index contributed by atoms with van der Waals surface area (Å²) >= 11 is 5.88. The standard InChI is InChI=1S/C22H20ClNO/c1-2-17-5-11-21(12-6-17)24-15-18-7-13-22(14-8-18)25-16-19-3-9-20(23)10-4-19/h3-15H,2,16H2,1H3. The number of aliphatic imine (C=N–C) groups is 1. The normalized spacial score (nSPS) is 11.0. The summed E-state index contributed by atoms with van der Waals surface area (Å²) in [5.74, 6) is 0.833. The van der Waals surface area contributed by atoms with E-state index in [0.29, 0.717) is 6.61 Å². The summed E-state index contributed by atoms with van der Waals surface area (Å²) in [6.07, 6.45) is 2.91. The van der Waals surface area contributed by atoms with Crippen molar-refractivity contribution in [3.8, 4) is 5.75 Å². The molecule has 3 heteroatoms. The zero-order valence-corrected chi connectivity index (χ0v) is 14.9. The van der Waals surface area contributed by atoms with Gasteiger partial charge in [0, 0.05) is 11.2 Å². The van der Waals surface area contributed by atoms with Crippen LogP contribution in [0.15, 0.2) is 77.8 Å². The number of hydrogen-bond donors (Lipinski definition) is 0. The first kappa shape index (κ1) is 17.2. The largest absolute Gasteiger partial charge is 0.489 e. The highest BCUT2D eigenvalue weighted by Gasteiger charge is 1.97. The number of hydrogen-bond acceptors (Lipinski definition) is 2. The van der Waals surface area contributed by atoms with Crippen LogP contribution in [0.3, 0.4) is 0 Å². The first-order chi connectivity index (χ1) is 12.2. The molecular formula is C22H20ClNO. The SMILES string of the molecule is CCc1ccc(N=Cc2ccc(OCc3ccc(Cl)cc3)cc2)cc1. The summed E-state index contributed by atoms with van der Waals surface area (Å²) in [7, 11) is 0. The van der Waals surface area contributed by atoms with Crippen molar-refractivity contribution in [2.45, 2.75) is 20.0 Å². The van der Waals surface area contributed by atoms with Gasteiger partial charge in [0.05, 0.1) is 5.69 Å². The van der Waals surface area contributed by atoms with Gasteiger partial charge in [-0.05, 0) is 71.6 Å². The van der Waals surface area contributed by atoms with Crippen LogP contribution < -0.4 is 4.74 Å². The Morgan fingerprint density at radius 2 is 1.48 bits per heavy atom. The first-order valence-electron chi connectivity index (χ1n) is 8.33. The third-order valence-corrected chi connectivity index (χ3v) is 4.16. The lowest BCUT2D eigenvalue weighted by molar-refractivity contribution is 0.306. The number of nitrogens with zero attached hydrogens (tertiary/aromatic N) is 1. The fourth-order valence-electron chi connectivity index (χ4n) is 2.36. The molecule has 0 unspecified atom stereocenters.